The summed E-state index contributed by atoms with van der Waals surface area (Å²) in [4.78, 5) is 12.7. The normalized spacial score (nSPS) is 20.5. The zero-order valence-electron chi connectivity index (χ0n) is 18.3. The maximum absolute atomic E-state index is 13.5. The van der Waals surface area contributed by atoms with Crippen molar-refractivity contribution in [1.82, 2.24) is 9.29 Å². The van der Waals surface area contributed by atoms with Gasteiger partial charge < -0.3 is 9.30 Å². The van der Waals surface area contributed by atoms with Crippen molar-refractivity contribution in [2.75, 3.05) is 19.4 Å². The number of rotatable bonds is 8. The van der Waals surface area contributed by atoms with Crippen LogP contribution in [0.4, 0.5) is 4.39 Å². The fourth-order valence-electron chi connectivity index (χ4n) is 4.29. The Balaban J connectivity index is 1.65. The predicted octanol–water partition coefficient (Wildman–Crippen LogP) is 3.21. The van der Waals surface area contributed by atoms with E-state index in [1.807, 2.05) is 13.0 Å². The Bertz CT molecular complexity index is 1060. The number of sulfonamides is 1. The summed E-state index contributed by atoms with van der Waals surface area (Å²) in [6.07, 6.45) is 6.41. The van der Waals surface area contributed by atoms with E-state index in [2.05, 4.69) is 4.72 Å². The van der Waals surface area contributed by atoms with Gasteiger partial charge in [-0.1, -0.05) is 12.1 Å². The summed E-state index contributed by atoms with van der Waals surface area (Å²) in [6, 6.07) is 8.58. The van der Waals surface area contributed by atoms with Gasteiger partial charge in [-0.2, -0.15) is 0 Å². The molecule has 31 heavy (non-hydrogen) atoms. The van der Waals surface area contributed by atoms with E-state index >= 15 is 0 Å². The monoisotopic (exact) mass is 450 g/mol. The Labute approximate surface area is 183 Å². The van der Waals surface area contributed by atoms with Gasteiger partial charge in [0.05, 0.1) is 19.0 Å². The Morgan fingerprint density at radius 1 is 1.23 bits per heavy atom. The molecule has 1 aromatic carbocycles. The molecule has 1 N–H and O–H groups in total. The lowest BCUT2D eigenvalue weighted by Crippen LogP contribution is -2.35. The van der Waals surface area contributed by atoms with E-state index < -0.39 is 10.0 Å². The van der Waals surface area contributed by atoms with E-state index in [0.717, 1.165) is 43.1 Å². The lowest BCUT2D eigenvalue weighted by atomic mass is 9.82. The Hall–Kier alpha value is -2.03. The van der Waals surface area contributed by atoms with Crippen molar-refractivity contribution in [3.63, 3.8) is 0 Å². The number of halogens is 1. The maximum atomic E-state index is 13.5. The van der Waals surface area contributed by atoms with Crippen molar-refractivity contribution >= 4 is 10.0 Å². The molecule has 3 rings (SSSR count). The molecule has 0 spiro atoms. The molecule has 2 aromatic rings. The number of ether oxygens (including phenoxy) is 1. The quantitative estimate of drug-likeness (QED) is 0.670. The fourth-order valence-corrected chi connectivity index (χ4v) is 4.79. The zero-order valence-corrected chi connectivity index (χ0v) is 19.1. The summed E-state index contributed by atoms with van der Waals surface area (Å²) in [5.41, 5.74) is 2.35. The van der Waals surface area contributed by atoms with Gasteiger partial charge in [-0.15, -0.1) is 0 Å². The Morgan fingerprint density at radius 2 is 1.94 bits per heavy atom. The highest BCUT2D eigenvalue weighted by molar-refractivity contribution is 7.88. The molecule has 6 nitrogen and oxygen atoms in total. The first-order valence-electron chi connectivity index (χ1n) is 10.6. The van der Waals surface area contributed by atoms with Crippen LogP contribution in [0.15, 0.2) is 41.3 Å². The molecule has 0 saturated heterocycles. The predicted molar refractivity (Wildman–Crippen MR) is 119 cm³/mol. The summed E-state index contributed by atoms with van der Waals surface area (Å²) >= 11 is 0. The number of hydrogen-bond donors (Lipinski definition) is 1. The highest BCUT2D eigenvalue weighted by Gasteiger charge is 2.25. The Morgan fingerprint density at radius 3 is 2.58 bits per heavy atom. The highest BCUT2D eigenvalue weighted by Crippen LogP contribution is 2.34. The van der Waals surface area contributed by atoms with E-state index in [9.17, 15) is 17.6 Å². The Kier molecular flexibility index (Phi) is 7.67. The summed E-state index contributed by atoms with van der Waals surface area (Å²) in [7, 11) is -1.70. The molecule has 1 atom stereocenters. The third kappa shape index (κ3) is 6.72. The molecular formula is C23H31FN2O4S. The third-order valence-corrected chi connectivity index (χ3v) is 6.60. The summed E-state index contributed by atoms with van der Waals surface area (Å²) in [5.74, 6) is -0.270. The minimum atomic E-state index is -3.39. The van der Waals surface area contributed by atoms with Crippen molar-refractivity contribution in [2.24, 2.45) is 7.05 Å². The van der Waals surface area contributed by atoms with Crippen LogP contribution in [-0.2, 0) is 21.8 Å². The van der Waals surface area contributed by atoms with Gasteiger partial charge in [-0.05, 0) is 67.9 Å². The van der Waals surface area contributed by atoms with Crippen molar-refractivity contribution in [3.05, 3.63) is 69.4 Å². The molecule has 1 aliphatic carbocycles. The molecule has 1 aromatic heterocycles. The van der Waals surface area contributed by atoms with Crippen LogP contribution >= 0.6 is 0 Å². The smallest absolute Gasteiger partial charge is 0.253 e. The van der Waals surface area contributed by atoms with Gasteiger partial charge in [-0.25, -0.2) is 17.5 Å². The van der Waals surface area contributed by atoms with Gasteiger partial charge in [0, 0.05) is 31.3 Å². The molecule has 0 amide bonds. The fraction of sp³-hybridized carbons (Fsp3) is 0.522. The van der Waals surface area contributed by atoms with Crippen molar-refractivity contribution in [3.8, 4) is 0 Å². The van der Waals surface area contributed by atoms with Gasteiger partial charge >= 0.3 is 0 Å². The second-order valence-electron chi connectivity index (χ2n) is 8.57. The van der Waals surface area contributed by atoms with Crippen LogP contribution in [0.2, 0.25) is 0 Å². The summed E-state index contributed by atoms with van der Waals surface area (Å²) in [5, 5.41) is 0. The van der Waals surface area contributed by atoms with Crippen molar-refractivity contribution < 1.29 is 17.5 Å². The zero-order chi connectivity index (χ0) is 22.6. The third-order valence-electron chi connectivity index (χ3n) is 5.91. The van der Waals surface area contributed by atoms with Gasteiger partial charge in [0.15, 0.2) is 0 Å². The molecular weight excluding hydrogens is 419 g/mol. The van der Waals surface area contributed by atoms with Crippen LogP contribution in [0, 0.1) is 12.7 Å². The minimum absolute atomic E-state index is 0.0409. The second kappa shape index (κ2) is 10.1. The number of aryl methyl sites for hydroxylation is 2. The van der Waals surface area contributed by atoms with E-state index in [0.29, 0.717) is 11.5 Å². The highest BCUT2D eigenvalue weighted by atomic mass is 32.2. The van der Waals surface area contributed by atoms with Crippen LogP contribution in [-0.4, -0.2) is 38.5 Å². The first kappa shape index (κ1) is 23.6. The maximum Gasteiger partial charge on any atom is 0.253 e. The van der Waals surface area contributed by atoms with Gasteiger partial charge in [0.1, 0.15) is 5.82 Å². The number of benzene rings is 1. The first-order valence-corrected chi connectivity index (χ1v) is 12.5. The molecule has 0 unspecified atom stereocenters. The largest absolute Gasteiger partial charge is 0.378 e. The number of nitrogens with one attached hydrogen (secondary N) is 1. The first-order chi connectivity index (χ1) is 14.6. The van der Waals surface area contributed by atoms with Crippen molar-refractivity contribution in [1.29, 1.82) is 0 Å². The number of pyridine rings is 1. The van der Waals surface area contributed by atoms with Crippen LogP contribution in [0.25, 0.3) is 0 Å². The molecule has 1 saturated carbocycles. The lowest BCUT2D eigenvalue weighted by Gasteiger charge is -2.30. The second-order valence-corrected chi connectivity index (χ2v) is 10.4. The number of nitrogens with zero attached hydrogens (tertiary/aromatic N) is 1. The standard InChI is InChI=1S/C23H31FN2O4S/c1-16-11-22(23(27)26(2)14-16)19(13-25-31(3,28)29)15-30-21-9-7-17(8-10-21)18-5-4-6-20(24)12-18/h4-6,11-12,14,17,19,21,25H,7-10,13,15H2,1-3H3/t17-,19-,21+/m0/s1. The molecule has 1 heterocycles. The average Bonchev–Trinajstić information content (AvgIpc) is 2.71. The topological polar surface area (TPSA) is 77.4 Å². The minimum Gasteiger partial charge on any atom is -0.378 e. The summed E-state index contributed by atoms with van der Waals surface area (Å²) in [6.45, 7) is 2.27. The molecule has 0 radical (unpaired) electrons. The molecule has 1 fully saturated rings. The molecule has 8 heteroatoms. The molecule has 0 bridgehead atoms. The van der Waals surface area contributed by atoms with Crippen LogP contribution in [0.5, 0.6) is 0 Å². The average molecular weight is 451 g/mol. The number of hydrogen-bond acceptors (Lipinski definition) is 4. The molecule has 0 aliphatic heterocycles. The van der Waals surface area contributed by atoms with Gasteiger partial charge in [-0.3, -0.25) is 4.79 Å². The molecule has 1 aliphatic rings. The van der Waals surface area contributed by atoms with E-state index in [1.165, 1.54) is 10.6 Å². The van der Waals surface area contributed by atoms with E-state index in [4.69, 9.17) is 4.74 Å². The molecule has 170 valence electrons. The van der Waals surface area contributed by atoms with Gasteiger partial charge in [0.25, 0.3) is 5.56 Å². The van der Waals surface area contributed by atoms with Gasteiger partial charge in [0.2, 0.25) is 10.0 Å². The lowest BCUT2D eigenvalue weighted by molar-refractivity contribution is 0.0168. The van der Waals surface area contributed by atoms with Crippen LogP contribution < -0.4 is 10.3 Å². The van der Waals surface area contributed by atoms with Crippen molar-refractivity contribution in [2.45, 2.75) is 50.5 Å². The van der Waals surface area contributed by atoms with Crippen LogP contribution in [0.1, 0.15) is 54.2 Å². The van der Waals surface area contributed by atoms with E-state index in [1.54, 1.807) is 31.4 Å². The SMILES string of the molecule is Cc1cc([C@@H](CNS(C)(=O)=O)CO[C@H]2CC[C@@H](c3cccc(F)c3)CC2)c(=O)n(C)c1. The van der Waals surface area contributed by atoms with E-state index in [-0.39, 0.29) is 36.5 Å². The number of aromatic nitrogens is 1. The van der Waals surface area contributed by atoms with Crippen LogP contribution in [0.3, 0.4) is 0 Å². The summed E-state index contributed by atoms with van der Waals surface area (Å²) < 4.78 is 46.9.